The molecule has 110 valence electrons. The van der Waals surface area contributed by atoms with Crippen LogP contribution in [0.15, 0.2) is 17.2 Å². The molecule has 0 fully saturated rings. The van der Waals surface area contributed by atoms with Crippen molar-refractivity contribution in [1.82, 2.24) is 14.6 Å². The molecule has 1 heterocycles. The fourth-order valence-electron chi connectivity index (χ4n) is 1.65. The summed E-state index contributed by atoms with van der Waals surface area (Å²) in [4.78, 5) is 0.291. The Bertz CT molecular complexity index is 482. The Morgan fingerprint density at radius 1 is 1.37 bits per heavy atom. The summed E-state index contributed by atoms with van der Waals surface area (Å²) < 4.78 is 33.2. The van der Waals surface area contributed by atoms with Crippen LogP contribution in [0.3, 0.4) is 0 Å². The number of hydrogen-bond donors (Lipinski definition) is 2. The SMILES string of the molecule is CCCNCc1cc(S(=O)(=O)NCCOC)cn1C. The van der Waals surface area contributed by atoms with E-state index in [1.807, 2.05) is 11.6 Å². The van der Waals surface area contributed by atoms with E-state index >= 15 is 0 Å². The Kier molecular flexibility index (Phi) is 6.50. The highest BCUT2D eigenvalue weighted by atomic mass is 32.2. The largest absolute Gasteiger partial charge is 0.383 e. The maximum absolute atomic E-state index is 12.0. The predicted octanol–water partition coefficient (Wildman–Crippen LogP) is 0.449. The molecule has 0 aliphatic heterocycles. The van der Waals surface area contributed by atoms with Crippen LogP contribution < -0.4 is 10.0 Å². The van der Waals surface area contributed by atoms with Crippen molar-refractivity contribution in [3.8, 4) is 0 Å². The Labute approximate surface area is 115 Å². The number of aryl methyl sites for hydroxylation is 1. The monoisotopic (exact) mass is 289 g/mol. The van der Waals surface area contributed by atoms with Crippen molar-refractivity contribution in [3.05, 3.63) is 18.0 Å². The van der Waals surface area contributed by atoms with Gasteiger partial charge in [-0.05, 0) is 19.0 Å². The summed E-state index contributed by atoms with van der Waals surface area (Å²) in [6.45, 7) is 4.30. The molecule has 0 radical (unpaired) electrons. The summed E-state index contributed by atoms with van der Waals surface area (Å²) in [5.41, 5.74) is 0.945. The van der Waals surface area contributed by atoms with Gasteiger partial charge in [0.1, 0.15) is 0 Å². The van der Waals surface area contributed by atoms with Gasteiger partial charge in [0.25, 0.3) is 0 Å². The summed E-state index contributed by atoms with van der Waals surface area (Å²) in [5.74, 6) is 0. The molecular weight excluding hydrogens is 266 g/mol. The third-order valence-corrected chi connectivity index (χ3v) is 4.15. The average Bonchev–Trinajstić information content (AvgIpc) is 2.72. The number of aromatic nitrogens is 1. The maximum Gasteiger partial charge on any atom is 0.242 e. The molecule has 0 unspecified atom stereocenters. The first kappa shape index (κ1) is 16.2. The van der Waals surface area contributed by atoms with E-state index in [0.29, 0.717) is 18.0 Å². The smallest absolute Gasteiger partial charge is 0.242 e. The van der Waals surface area contributed by atoms with Crippen LogP contribution in [0.25, 0.3) is 0 Å². The maximum atomic E-state index is 12.0. The zero-order valence-corrected chi connectivity index (χ0v) is 12.6. The fourth-order valence-corrected chi connectivity index (χ4v) is 2.76. The first-order valence-corrected chi connectivity index (χ1v) is 7.84. The molecular formula is C12H23N3O3S. The lowest BCUT2D eigenvalue weighted by Crippen LogP contribution is -2.26. The molecule has 0 amide bonds. The lowest BCUT2D eigenvalue weighted by atomic mass is 10.4. The van der Waals surface area contributed by atoms with Gasteiger partial charge in [-0.15, -0.1) is 0 Å². The average molecular weight is 289 g/mol. The fraction of sp³-hybridized carbons (Fsp3) is 0.667. The van der Waals surface area contributed by atoms with Crippen LogP contribution in [0.5, 0.6) is 0 Å². The highest BCUT2D eigenvalue weighted by Crippen LogP contribution is 2.13. The van der Waals surface area contributed by atoms with Gasteiger partial charge in [0, 0.05) is 39.1 Å². The van der Waals surface area contributed by atoms with Crippen molar-refractivity contribution in [3.63, 3.8) is 0 Å². The Balaban J connectivity index is 2.70. The number of hydrogen-bond acceptors (Lipinski definition) is 4. The zero-order valence-electron chi connectivity index (χ0n) is 11.8. The summed E-state index contributed by atoms with van der Waals surface area (Å²) in [7, 11) is -0.0630. The van der Waals surface area contributed by atoms with Crippen LogP contribution in [0, 0.1) is 0 Å². The van der Waals surface area contributed by atoms with E-state index in [4.69, 9.17) is 4.74 Å². The predicted molar refractivity (Wildman–Crippen MR) is 74.5 cm³/mol. The van der Waals surface area contributed by atoms with E-state index in [2.05, 4.69) is 17.0 Å². The quantitative estimate of drug-likeness (QED) is 0.647. The van der Waals surface area contributed by atoms with E-state index in [1.165, 1.54) is 7.11 Å². The molecule has 7 heteroatoms. The topological polar surface area (TPSA) is 72.4 Å². The molecule has 0 atom stereocenters. The second-order valence-corrected chi connectivity index (χ2v) is 6.11. The molecule has 0 aliphatic rings. The molecule has 0 spiro atoms. The molecule has 0 saturated carbocycles. The van der Waals surface area contributed by atoms with E-state index in [0.717, 1.165) is 18.7 Å². The van der Waals surface area contributed by atoms with Crippen LogP contribution in [0.2, 0.25) is 0 Å². The third kappa shape index (κ3) is 4.94. The number of methoxy groups -OCH3 is 1. The van der Waals surface area contributed by atoms with Gasteiger partial charge in [-0.25, -0.2) is 13.1 Å². The molecule has 1 aromatic rings. The van der Waals surface area contributed by atoms with E-state index < -0.39 is 10.0 Å². The normalized spacial score (nSPS) is 11.9. The Morgan fingerprint density at radius 3 is 2.74 bits per heavy atom. The van der Waals surface area contributed by atoms with Crippen LogP contribution >= 0.6 is 0 Å². The van der Waals surface area contributed by atoms with Gasteiger partial charge in [-0.1, -0.05) is 6.92 Å². The minimum absolute atomic E-state index is 0.275. The lowest BCUT2D eigenvalue weighted by Gasteiger charge is -2.03. The van der Waals surface area contributed by atoms with Crippen molar-refractivity contribution in [2.75, 3.05) is 26.8 Å². The van der Waals surface area contributed by atoms with Gasteiger partial charge in [-0.2, -0.15) is 0 Å². The van der Waals surface area contributed by atoms with Gasteiger partial charge in [0.05, 0.1) is 11.5 Å². The van der Waals surface area contributed by atoms with Gasteiger partial charge < -0.3 is 14.6 Å². The molecule has 0 bridgehead atoms. The van der Waals surface area contributed by atoms with Crippen LogP contribution in [0.1, 0.15) is 19.0 Å². The van der Waals surface area contributed by atoms with Crippen LogP contribution in [-0.4, -0.2) is 39.8 Å². The summed E-state index contributed by atoms with van der Waals surface area (Å²) in [5, 5.41) is 3.25. The third-order valence-electron chi connectivity index (χ3n) is 2.72. The van der Waals surface area contributed by atoms with Crippen molar-refractivity contribution in [2.45, 2.75) is 24.8 Å². The van der Waals surface area contributed by atoms with Crippen LogP contribution in [-0.2, 0) is 28.4 Å². The lowest BCUT2D eigenvalue weighted by molar-refractivity contribution is 0.204. The van der Waals surface area contributed by atoms with Crippen LogP contribution in [0.4, 0.5) is 0 Å². The van der Waals surface area contributed by atoms with E-state index in [1.54, 1.807) is 12.3 Å². The first-order chi connectivity index (χ1) is 9.01. The molecule has 0 saturated heterocycles. The molecule has 6 nitrogen and oxygen atoms in total. The van der Waals surface area contributed by atoms with E-state index in [-0.39, 0.29) is 6.54 Å². The van der Waals surface area contributed by atoms with E-state index in [9.17, 15) is 8.42 Å². The second kappa shape index (κ2) is 7.64. The highest BCUT2D eigenvalue weighted by molar-refractivity contribution is 7.89. The number of ether oxygens (including phenoxy) is 1. The first-order valence-electron chi connectivity index (χ1n) is 6.35. The summed E-state index contributed by atoms with van der Waals surface area (Å²) in [6.07, 6.45) is 2.67. The Morgan fingerprint density at radius 2 is 2.11 bits per heavy atom. The van der Waals surface area contributed by atoms with Crippen molar-refractivity contribution >= 4 is 10.0 Å². The van der Waals surface area contributed by atoms with Gasteiger partial charge in [0.15, 0.2) is 0 Å². The van der Waals surface area contributed by atoms with Crippen molar-refractivity contribution in [1.29, 1.82) is 0 Å². The standard InChI is InChI=1S/C12H23N3O3S/c1-4-5-13-9-11-8-12(10-15(11)2)19(16,17)14-6-7-18-3/h8,10,13-14H,4-7,9H2,1-3H3. The number of rotatable bonds is 9. The van der Waals surface area contributed by atoms with Crippen molar-refractivity contribution in [2.24, 2.45) is 7.05 Å². The number of nitrogens with zero attached hydrogens (tertiary/aromatic N) is 1. The summed E-state index contributed by atoms with van der Waals surface area (Å²) in [6, 6.07) is 1.69. The molecule has 19 heavy (non-hydrogen) atoms. The number of sulfonamides is 1. The van der Waals surface area contributed by atoms with Gasteiger partial charge >= 0.3 is 0 Å². The van der Waals surface area contributed by atoms with Gasteiger partial charge in [0.2, 0.25) is 10.0 Å². The molecule has 2 N–H and O–H groups in total. The minimum atomic E-state index is -3.44. The Hall–Kier alpha value is -0.890. The second-order valence-electron chi connectivity index (χ2n) is 4.35. The highest BCUT2D eigenvalue weighted by Gasteiger charge is 2.16. The number of nitrogens with one attached hydrogen (secondary N) is 2. The summed E-state index contributed by atoms with van der Waals surface area (Å²) >= 11 is 0. The molecule has 0 aromatic carbocycles. The minimum Gasteiger partial charge on any atom is -0.383 e. The molecule has 1 aromatic heterocycles. The van der Waals surface area contributed by atoms with Gasteiger partial charge in [-0.3, -0.25) is 0 Å². The molecule has 0 aliphatic carbocycles. The zero-order chi connectivity index (χ0) is 14.3. The van der Waals surface area contributed by atoms with Crippen molar-refractivity contribution < 1.29 is 13.2 Å². The molecule has 1 rings (SSSR count).